The summed E-state index contributed by atoms with van der Waals surface area (Å²) in [7, 11) is 0. The molecule has 1 aliphatic heterocycles. The predicted molar refractivity (Wildman–Crippen MR) is 79.6 cm³/mol. The summed E-state index contributed by atoms with van der Waals surface area (Å²) in [5.41, 5.74) is -0.285. The fraction of sp³-hybridized carbons (Fsp3) is 0.562. The van der Waals surface area contributed by atoms with Crippen LogP contribution in [-0.2, 0) is 4.74 Å². The van der Waals surface area contributed by atoms with Crippen LogP contribution in [0.2, 0.25) is 0 Å². The number of rotatable bonds is 6. The summed E-state index contributed by atoms with van der Waals surface area (Å²) in [6.07, 6.45) is 2.05. The van der Waals surface area contributed by atoms with Crippen LogP contribution in [0, 0.1) is 0 Å². The van der Waals surface area contributed by atoms with Gasteiger partial charge < -0.3 is 19.9 Å². The maximum atomic E-state index is 12.1. The largest absolute Gasteiger partial charge is 0.494 e. The molecule has 0 atom stereocenters. The van der Waals surface area contributed by atoms with Gasteiger partial charge in [-0.3, -0.25) is 4.79 Å². The Morgan fingerprint density at radius 1 is 1.33 bits per heavy atom. The molecular weight excluding hydrogens is 270 g/mol. The van der Waals surface area contributed by atoms with E-state index in [-0.39, 0.29) is 12.5 Å². The molecule has 0 aromatic heterocycles. The van der Waals surface area contributed by atoms with Gasteiger partial charge in [-0.15, -0.1) is 0 Å². The van der Waals surface area contributed by atoms with Crippen molar-refractivity contribution >= 4 is 5.91 Å². The van der Waals surface area contributed by atoms with Crippen LogP contribution in [0.15, 0.2) is 24.3 Å². The molecule has 2 rings (SSSR count). The van der Waals surface area contributed by atoms with Crippen LogP contribution in [-0.4, -0.2) is 43.0 Å². The van der Waals surface area contributed by atoms with Crippen molar-refractivity contribution in [2.45, 2.75) is 31.8 Å². The monoisotopic (exact) mass is 293 g/mol. The zero-order chi connectivity index (χ0) is 15.1. The average molecular weight is 293 g/mol. The van der Waals surface area contributed by atoms with E-state index in [1.165, 1.54) is 0 Å². The molecule has 0 spiro atoms. The van der Waals surface area contributed by atoms with Gasteiger partial charge in [-0.2, -0.15) is 0 Å². The lowest BCUT2D eigenvalue weighted by atomic mass is 9.94. The van der Waals surface area contributed by atoms with Gasteiger partial charge in [0.15, 0.2) is 0 Å². The first-order valence-corrected chi connectivity index (χ1v) is 7.44. The number of amides is 1. The maximum Gasteiger partial charge on any atom is 0.251 e. The van der Waals surface area contributed by atoms with E-state index in [1.807, 2.05) is 6.92 Å². The normalized spacial score (nSPS) is 17.2. The summed E-state index contributed by atoms with van der Waals surface area (Å²) in [6.45, 7) is 4.04. The van der Waals surface area contributed by atoms with Gasteiger partial charge in [-0.05, 0) is 30.7 Å². The third kappa shape index (κ3) is 4.72. The fourth-order valence-electron chi connectivity index (χ4n) is 2.20. The number of carbonyl (C=O) groups is 1. The van der Waals surface area contributed by atoms with Gasteiger partial charge in [0.2, 0.25) is 0 Å². The summed E-state index contributed by atoms with van der Waals surface area (Å²) in [5, 5.41) is 13.1. The van der Waals surface area contributed by atoms with Crippen molar-refractivity contribution in [2.24, 2.45) is 0 Å². The highest BCUT2D eigenvalue weighted by Crippen LogP contribution is 2.19. The van der Waals surface area contributed by atoms with E-state index < -0.39 is 5.60 Å². The Bertz CT molecular complexity index is 452. The van der Waals surface area contributed by atoms with Gasteiger partial charge in [0.25, 0.3) is 5.91 Å². The van der Waals surface area contributed by atoms with E-state index in [0.29, 0.717) is 38.2 Å². The van der Waals surface area contributed by atoms with E-state index in [9.17, 15) is 9.90 Å². The van der Waals surface area contributed by atoms with Gasteiger partial charge in [0.05, 0.1) is 12.2 Å². The molecule has 0 aliphatic carbocycles. The molecule has 1 aromatic rings. The number of hydrogen-bond acceptors (Lipinski definition) is 4. The lowest BCUT2D eigenvalue weighted by molar-refractivity contribution is -0.0605. The van der Waals surface area contributed by atoms with E-state index in [4.69, 9.17) is 9.47 Å². The minimum Gasteiger partial charge on any atom is -0.494 e. The molecule has 5 heteroatoms. The molecule has 1 amide bonds. The first kappa shape index (κ1) is 15.8. The Balaban J connectivity index is 1.85. The van der Waals surface area contributed by atoms with E-state index in [0.717, 1.165) is 12.2 Å². The smallest absolute Gasteiger partial charge is 0.251 e. The van der Waals surface area contributed by atoms with Crippen LogP contribution in [0.25, 0.3) is 0 Å². The second-order valence-corrected chi connectivity index (χ2v) is 5.39. The fourth-order valence-corrected chi connectivity index (χ4v) is 2.20. The number of aliphatic hydroxyl groups is 1. The molecule has 1 saturated heterocycles. The molecule has 0 radical (unpaired) electrons. The summed E-state index contributed by atoms with van der Waals surface area (Å²) in [5.74, 6) is 0.577. The number of ether oxygens (including phenoxy) is 2. The molecule has 1 fully saturated rings. The van der Waals surface area contributed by atoms with Crippen molar-refractivity contribution in [3.8, 4) is 5.75 Å². The first-order chi connectivity index (χ1) is 10.1. The molecular formula is C16H23NO4. The minimum absolute atomic E-state index is 0.183. The molecule has 21 heavy (non-hydrogen) atoms. The van der Waals surface area contributed by atoms with Crippen LogP contribution in [0.5, 0.6) is 5.75 Å². The Labute approximate surface area is 125 Å². The van der Waals surface area contributed by atoms with Crippen LogP contribution < -0.4 is 10.1 Å². The molecule has 0 unspecified atom stereocenters. The molecule has 1 aliphatic rings. The van der Waals surface area contributed by atoms with Crippen LogP contribution >= 0.6 is 0 Å². The highest BCUT2D eigenvalue weighted by molar-refractivity contribution is 5.94. The third-order valence-corrected chi connectivity index (χ3v) is 3.59. The quantitative estimate of drug-likeness (QED) is 0.838. The summed E-state index contributed by atoms with van der Waals surface area (Å²) in [6, 6.07) is 7.03. The predicted octanol–water partition coefficient (Wildman–Crippen LogP) is 1.75. The highest BCUT2D eigenvalue weighted by Gasteiger charge is 2.30. The Morgan fingerprint density at radius 3 is 2.62 bits per heavy atom. The summed E-state index contributed by atoms with van der Waals surface area (Å²) < 4.78 is 10.7. The van der Waals surface area contributed by atoms with E-state index in [1.54, 1.807) is 24.3 Å². The summed E-state index contributed by atoms with van der Waals surface area (Å²) in [4.78, 5) is 12.1. The van der Waals surface area contributed by atoms with Crippen molar-refractivity contribution in [1.82, 2.24) is 5.32 Å². The van der Waals surface area contributed by atoms with Gasteiger partial charge in [-0.25, -0.2) is 0 Å². The van der Waals surface area contributed by atoms with E-state index >= 15 is 0 Å². The molecule has 1 heterocycles. The van der Waals surface area contributed by atoms with Crippen molar-refractivity contribution in [3.05, 3.63) is 29.8 Å². The standard InChI is InChI=1S/C16H23NO4/c1-2-9-21-14-5-3-13(4-6-14)15(18)17-12-16(19)7-10-20-11-8-16/h3-6,19H,2,7-12H2,1H3,(H,17,18). The third-order valence-electron chi connectivity index (χ3n) is 3.59. The first-order valence-electron chi connectivity index (χ1n) is 7.44. The topological polar surface area (TPSA) is 67.8 Å². The molecule has 116 valence electrons. The second-order valence-electron chi connectivity index (χ2n) is 5.39. The van der Waals surface area contributed by atoms with Crippen molar-refractivity contribution < 1.29 is 19.4 Å². The highest BCUT2D eigenvalue weighted by atomic mass is 16.5. The average Bonchev–Trinajstić information content (AvgIpc) is 2.52. The molecule has 2 N–H and O–H groups in total. The number of nitrogens with one attached hydrogen (secondary N) is 1. The zero-order valence-corrected chi connectivity index (χ0v) is 12.4. The van der Waals surface area contributed by atoms with Gasteiger partial charge >= 0.3 is 0 Å². The maximum absolute atomic E-state index is 12.1. The van der Waals surface area contributed by atoms with Crippen molar-refractivity contribution in [1.29, 1.82) is 0 Å². The number of hydrogen-bond donors (Lipinski definition) is 2. The van der Waals surface area contributed by atoms with Crippen LogP contribution in [0.3, 0.4) is 0 Å². The summed E-state index contributed by atoms with van der Waals surface area (Å²) >= 11 is 0. The van der Waals surface area contributed by atoms with Gasteiger partial charge in [-0.1, -0.05) is 6.92 Å². The lowest BCUT2D eigenvalue weighted by Crippen LogP contribution is -2.46. The number of carbonyl (C=O) groups excluding carboxylic acids is 1. The SMILES string of the molecule is CCCOc1ccc(C(=O)NCC2(O)CCOCC2)cc1. The van der Waals surface area contributed by atoms with Crippen molar-refractivity contribution in [2.75, 3.05) is 26.4 Å². The van der Waals surface area contributed by atoms with Crippen molar-refractivity contribution in [3.63, 3.8) is 0 Å². The zero-order valence-electron chi connectivity index (χ0n) is 12.4. The molecule has 5 nitrogen and oxygen atoms in total. The van der Waals surface area contributed by atoms with Crippen LogP contribution in [0.4, 0.5) is 0 Å². The Kier molecular flexibility index (Phi) is 5.59. The minimum atomic E-state index is -0.849. The molecule has 0 bridgehead atoms. The molecule has 1 aromatic carbocycles. The molecule has 0 saturated carbocycles. The van der Waals surface area contributed by atoms with E-state index in [2.05, 4.69) is 5.32 Å². The second kappa shape index (κ2) is 7.43. The lowest BCUT2D eigenvalue weighted by Gasteiger charge is -2.32. The Morgan fingerprint density at radius 2 is 2.00 bits per heavy atom. The Hall–Kier alpha value is -1.59. The number of benzene rings is 1. The van der Waals surface area contributed by atoms with Crippen LogP contribution in [0.1, 0.15) is 36.5 Å². The van der Waals surface area contributed by atoms with Gasteiger partial charge in [0, 0.05) is 38.2 Å². The van der Waals surface area contributed by atoms with Gasteiger partial charge in [0.1, 0.15) is 5.75 Å².